The number of amides is 1. The van der Waals surface area contributed by atoms with Crippen LogP contribution in [0.25, 0.3) is 0 Å². The van der Waals surface area contributed by atoms with Crippen LogP contribution in [0, 0.1) is 5.92 Å². The minimum atomic E-state index is -0.449. The van der Waals surface area contributed by atoms with Crippen molar-refractivity contribution < 1.29 is 14.3 Å². The van der Waals surface area contributed by atoms with Crippen LogP contribution in [0.3, 0.4) is 0 Å². The first-order chi connectivity index (χ1) is 12.0. The van der Waals surface area contributed by atoms with Crippen LogP contribution in [0.4, 0.5) is 0 Å². The Morgan fingerprint density at radius 2 is 1.92 bits per heavy atom. The highest BCUT2D eigenvalue weighted by atomic mass is 35.5. The van der Waals surface area contributed by atoms with Crippen LogP contribution >= 0.6 is 11.6 Å². The Bertz CT molecular complexity index is 639. The van der Waals surface area contributed by atoms with Gasteiger partial charge in [-0.1, -0.05) is 30.2 Å². The maximum atomic E-state index is 13.5. The first-order valence-corrected chi connectivity index (χ1v) is 9.61. The van der Waals surface area contributed by atoms with Gasteiger partial charge >= 0.3 is 5.97 Å². The number of ether oxygens (including phenoxy) is 1. The van der Waals surface area contributed by atoms with E-state index in [1.807, 2.05) is 43.0 Å². The maximum Gasteiger partial charge on any atom is 0.311 e. The van der Waals surface area contributed by atoms with Gasteiger partial charge in [0.15, 0.2) is 0 Å². The fourth-order valence-electron chi connectivity index (χ4n) is 4.19. The van der Waals surface area contributed by atoms with Gasteiger partial charge in [0, 0.05) is 17.6 Å². The second kappa shape index (κ2) is 7.36. The van der Waals surface area contributed by atoms with Crippen molar-refractivity contribution in [3.8, 4) is 0 Å². The second-order valence-corrected chi connectivity index (χ2v) is 7.62. The molecule has 0 unspecified atom stereocenters. The summed E-state index contributed by atoms with van der Waals surface area (Å²) in [5.41, 5.74) is 0.591. The Balaban J connectivity index is 1.83. The van der Waals surface area contributed by atoms with Crippen LogP contribution < -0.4 is 0 Å². The summed E-state index contributed by atoms with van der Waals surface area (Å²) in [6.45, 7) is 4.89. The molecule has 2 fully saturated rings. The molecular weight excluding hydrogens is 338 g/mol. The Hall–Kier alpha value is -1.55. The number of carbonyl (C=O) groups excluding carboxylic acids is 2. The van der Waals surface area contributed by atoms with Gasteiger partial charge in [0.05, 0.1) is 17.9 Å². The van der Waals surface area contributed by atoms with E-state index in [0.717, 1.165) is 37.7 Å². The molecule has 0 N–H and O–H groups in total. The van der Waals surface area contributed by atoms with Crippen LogP contribution in [-0.4, -0.2) is 36.0 Å². The first-order valence-electron chi connectivity index (χ1n) is 9.23. The highest BCUT2D eigenvalue weighted by Crippen LogP contribution is 2.46. The molecule has 2 atom stereocenters. The summed E-state index contributed by atoms with van der Waals surface area (Å²) >= 11 is 6.01. The van der Waals surface area contributed by atoms with Crippen LogP contribution in [0.15, 0.2) is 24.3 Å². The van der Waals surface area contributed by atoms with E-state index in [2.05, 4.69) is 0 Å². The van der Waals surface area contributed by atoms with E-state index in [4.69, 9.17) is 16.3 Å². The van der Waals surface area contributed by atoms with E-state index in [9.17, 15) is 9.59 Å². The lowest BCUT2D eigenvalue weighted by Crippen LogP contribution is -2.57. The van der Waals surface area contributed by atoms with E-state index in [1.54, 1.807) is 0 Å². The zero-order chi connectivity index (χ0) is 18.0. The van der Waals surface area contributed by atoms with Gasteiger partial charge in [0.2, 0.25) is 5.91 Å². The molecule has 1 amide bonds. The monoisotopic (exact) mass is 363 g/mol. The van der Waals surface area contributed by atoms with Crippen LogP contribution in [-0.2, 0) is 19.7 Å². The topological polar surface area (TPSA) is 46.6 Å². The van der Waals surface area contributed by atoms with Crippen molar-refractivity contribution in [3.63, 3.8) is 0 Å². The minimum Gasteiger partial charge on any atom is -0.466 e. The lowest BCUT2D eigenvalue weighted by atomic mass is 9.63. The summed E-state index contributed by atoms with van der Waals surface area (Å²) in [5.74, 6) is -0.246. The Labute approximate surface area is 154 Å². The molecule has 4 nitrogen and oxygen atoms in total. The summed E-state index contributed by atoms with van der Waals surface area (Å²) < 4.78 is 5.21. The Kier molecular flexibility index (Phi) is 5.38. The number of hydrogen-bond donors (Lipinski definition) is 0. The molecule has 0 bridgehead atoms. The van der Waals surface area contributed by atoms with Gasteiger partial charge in [-0.05, 0) is 57.2 Å². The van der Waals surface area contributed by atoms with Gasteiger partial charge in [0.1, 0.15) is 0 Å². The zero-order valence-corrected chi connectivity index (χ0v) is 15.7. The molecule has 1 heterocycles. The van der Waals surface area contributed by atoms with E-state index >= 15 is 0 Å². The smallest absolute Gasteiger partial charge is 0.311 e. The number of nitrogens with zero attached hydrogens (tertiary/aromatic N) is 1. The molecule has 136 valence electrons. The first kappa shape index (κ1) is 18.2. The third-order valence-electron chi connectivity index (χ3n) is 5.85. The number of esters is 1. The molecule has 0 aromatic heterocycles. The molecule has 1 aliphatic carbocycles. The van der Waals surface area contributed by atoms with Crippen molar-refractivity contribution in [3.05, 3.63) is 34.9 Å². The Morgan fingerprint density at radius 1 is 1.24 bits per heavy atom. The molecule has 0 radical (unpaired) electrons. The number of benzene rings is 1. The van der Waals surface area contributed by atoms with E-state index in [0.29, 0.717) is 18.2 Å². The summed E-state index contributed by atoms with van der Waals surface area (Å²) in [5, 5.41) is 0.680. The number of hydrogen-bond acceptors (Lipinski definition) is 3. The molecule has 5 heteroatoms. The largest absolute Gasteiger partial charge is 0.466 e. The van der Waals surface area contributed by atoms with Crippen LogP contribution in [0.1, 0.15) is 51.5 Å². The highest BCUT2D eigenvalue weighted by molar-refractivity contribution is 6.30. The molecule has 1 aromatic rings. The molecule has 2 aliphatic rings. The van der Waals surface area contributed by atoms with Crippen molar-refractivity contribution in [2.24, 2.45) is 5.92 Å². The van der Waals surface area contributed by atoms with Gasteiger partial charge < -0.3 is 9.64 Å². The number of piperidine rings is 1. The van der Waals surface area contributed by atoms with Gasteiger partial charge in [-0.15, -0.1) is 0 Å². The van der Waals surface area contributed by atoms with Crippen molar-refractivity contribution in [2.45, 2.75) is 57.4 Å². The lowest BCUT2D eigenvalue weighted by Gasteiger charge is -2.48. The summed E-state index contributed by atoms with van der Waals surface area (Å²) in [6, 6.07) is 7.52. The zero-order valence-electron chi connectivity index (χ0n) is 15.0. The molecule has 1 saturated carbocycles. The van der Waals surface area contributed by atoms with E-state index < -0.39 is 5.41 Å². The summed E-state index contributed by atoms with van der Waals surface area (Å²) in [4.78, 5) is 27.6. The quantitative estimate of drug-likeness (QED) is 0.761. The van der Waals surface area contributed by atoms with E-state index in [-0.39, 0.29) is 23.8 Å². The Morgan fingerprint density at radius 3 is 2.48 bits per heavy atom. The van der Waals surface area contributed by atoms with Crippen molar-refractivity contribution in [1.82, 2.24) is 4.90 Å². The third kappa shape index (κ3) is 3.29. The van der Waals surface area contributed by atoms with Crippen molar-refractivity contribution in [2.75, 3.05) is 13.2 Å². The molecule has 0 spiro atoms. The predicted octanol–water partition coefficient (Wildman–Crippen LogP) is 3.95. The molecule has 3 rings (SSSR count). The number of likely N-dealkylation sites (tertiary alicyclic amines) is 1. The predicted molar refractivity (Wildman–Crippen MR) is 97.5 cm³/mol. The third-order valence-corrected chi connectivity index (χ3v) is 6.10. The normalized spacial score (nSPS) is 25.2. The fourth-order valence-corrected chi connectivity index (χ4v) is 4.32. The number of carbonyl (C=O) groups is 2. The highest BCUT2D eigenvalue weighted by Gasteiger charge is 2.50. The van der Waals surface area contributed by atoms with Gasteiger partial charge in [-0.2, -0.15) is 0 Å². The van der Waals surface area contributed by atoms with Crippen molar-refractivity contribution in [1.29, 1.82) is 0 Å². The number of rotatable bonds is 4. The van der Waals surface area contributed by atoms with Gasteiger partial charge in [-0.25, -0.2) is 0 Å². The minimum absolute atomic E-state index is 0.120. The maximum absolute atomic E-state index is 13.5. The lowest BCUT2D eigenvalue weighted by molar-refractivity contribution is -0.157. The molecule has 1 aliphatic heterocycles. The van der Waals surface area contributed by atoms with Crippen LogP contribution in [0.5, 0.6) is 0 Å². The average Bonchev–Trinajstić information content (AvgIpc) is 2.56. The average molecular weight is 364 g/mol. The fraction of sp³-hybridized carbons (Fsp3) is 0.600. The standard InChI is InChI=1S/C20H26ClNO3/c1-3-25-18(23)17-6-4-13-22(14(17)2)19(24)20(11-5-12-20)15-7-9-16(21)10-8-15/h7-10,14,17H,3-6,11-13H2,1-2H3/t14-,17-/m0/s1. The van der Waals surface area contributed by atoms with Gasteiger partial charge in [-0.3, -0.25) is 9.59 Å². The van der Waals surface area contributed by atoms with Gasteiger partial charge in [0.25, 0.3) is 0 Å². The summed E-state index contributed by atoms with van der Waals surface area (Å²) in [6.07, 6.45) is 4.41. The van der Waals surface area contributed by atoms with Crippen molar-refractivity contribution >= 4 is 23.5 Å². The molecule has 1 saturated heterocycles. The second-order valence-electron chi connectivity index (χ2n) is 7.18. The molecule has 1 aromatic carbocycles. The summed E-state index contributed by atoms with van der Waals surface area (Å²) in [7, 11) is 0. The van der Waals surface area contributed by atoms with E-state index in [1.165, 1.54) is 0 Å². The molecule has 25 heavy (non-hydrogen) atoms. The van der Waals surface area contributed by atoms with Crippen LogP contribution in [0.2, 0.25) is 5.02 Å². The number of halogens is 1. The molecular formula is C20H26ClNO3. The SMILES string of the molecule is CCOC(=O)[C@H]1CCCN(C(=O)C2(c3ccc(Cl)cc3)CCC2)[C@H]1C.